The lowest BCUT2D eigenvalue weighted by Gasteiger charge is -2.08. The number of ether oxygens (including phenoxy) is 1. The molecule has 0 unspecified atom stereocenters. The Bertz CT molecular complexity index is 581. The van der Waals surface area contributed by atoms with E-state index in [1.807, 2.05) is 19.1 Å². The van der Waals surface area contributed by atoms with E-state index in [4.69, 9.17) is 4.74 Å². The normalized spacial score (nSPS) is 13.4. The summed E-state index contributed by atoms with van der Waals surface area (Å²) in [5.41, 5.74) is 3.52. The van der Waals surface area contributed by atoms with Gasteiger partial charge in [0.15, 0.2) is 0 Å². The molecule has 18 heavy (non-hydrogen) atoms. The maximum absolute atomic E-state index is 5.40. The van der Waals surface area contributed by atoms with E-state index in [0.29, 0.717) is 13.2 Å². The van der Waals surface area contributed by atoms with Crippen LogP contribution in [-0.4, -0.2) is 9.97 Å². The molecule has 92 valence electrons. The molecule has 3 rings (SSSR count). The van der Waals surface area contributed by atoms with Gasteiger partial charge in [-0.15, -0.1) is 0 Å². The number of hydrogen-bond donors (Lipinski definition) is 1. The summed E-state index contributed by atoms with van der Waals surface area (Å²) in [6, 6.07) is 8.09. The third-order valence-corrected chi connectivity index (χ3v) is 3.21. The lowest BCUT2D eigenvalue weighted by Crippen LogP contribution is -1.98. The van der Waals surface area contributed by atoms with Crippen molar-refractivity contribution in [3.05, 3.63) is 45.8 Å². The van der Waals surface area contributed by atoms with Gasteiger partial charge in [0.25, 0.3) is 0 Å². The van der Waals surface area contributed by atoms with Crippen LogP contribution >= 0.6 is 15.9 Å². The number of aromatic nitrogens is 2. The highest BCUT2D eigenvalue weighted by Crippen LogP contribution is 2.25. The number of halogens is 1. The van der Waals surface area contributed by atoms with E-state index in [0.717, 1.165) is 21.9 Å². The van der Waals surface area contributed by atoms with Crippen molar-refractivity contribution in [2.45, 2.75) is 20.1 Å². The van der Waals surface area contributed by atoms with E-state index in [-0.39, 0.29) is 0 Å². The van der Waals surface area contributed by atoms with Gasteiger partial charge in [0.1, 0.15) is 16.2 Å². The highest BCUT2D eigenvalue weighted by molar-refractivity contribution is 9.10. The molecule has 4 nitrogen and oxygen atoms in total. The van der Waals surface area contributed by atoms with Crippen LogP contribution in [-0.2, 0) is 18.0 Å². The Labute approximate surface area is 114 Å². The van der Waals surface area contributed by atoms with Gasteiger partial charge >= 0.3 is 0 Å². The van der Waals surface area contributed by atoms with Crippen LogP contribution in [0.3, 0.4) is 0 Å². The maximum Gasteiger partial charge on any atom is 0.135 e. The van der Waals surface area contributed by atoms with E-state index in [2.05, 4.69) is 43.3 Å². The molecule has 0 fully saturated rings. The van der Waals surface area contributed by atoms with Gasteiger partial charge in [-0.05, 0) is 46.1 Å². The Morgan fingerprint density at radius 3 is 2.83 bits per heavy atom. The fraction of sp³-hybridized carbons (Fsp3) is 0.231. The fourth-order valence-corrected chi connectivity index (χ4v) is 2.47. The van der Waals surface area contributed by atoms with Crippen LogP contribution in [0.4, 0.5) is 11.5 Å². The molecule has 0 saturated carbocycles. The van der Waals surface area contributed by atoms with E-state index in [9.17, 15) is 0 Å². The Morgan fingerprint density at radius 2 is 2.00 bits per heavy atom. The van der Waals surface area contributed by atoms with Gasteiger partial charge in [-0.2, -0.15) is 0 Å². The molecule has 0 amide bonds. The predicted molar refractivity (Wildman–Crippen MR) is 72.7 cm³/mol. The van der Waals surface area contributed by atoms with Crippen LogP contribution in [0, 0.1) is 6.92 Å². The van der Waals surface area contributed by atoms with Crippen LogP contribution in [0.15, 0.2) is 28.9 Å². The quantitative estimate of drug-likeness (QED) is 0.865. The molecule has 2 aromatic rings. The van der Waals surface area contributed by atoms with Crippen LogP contribution in [0.5, 0.6) is 0 Å². The summed E-state index contributed by atoms with van der Waals surface area (Å²) in [4.78, 5) is 8.52. The third-order valence-electron chi connectivity index (χ3n) is 2.80. The first-order valence-electron chi connectivity index (χ1n) is 5.68. The number of fused-ring (bicyclic) bond motifs is 1. The summed E-state index contributed by atoms with van der Waals surface area (Å²) in [6.45, 7) is 3.28. The number of aryl methyl sites for hydroxylation is 1. The Balaban J connectivity index is 1.88. The van der Waals surface area contributed by atoms with Crippen LogP contribution < -0.4 is 5.32 Å². The largest absolute Gasteiger partial charge is 0.372 e. The molecule has 0 saturated heterocycles. The molecule has 1 aliphatic rings. The average molecular weight is 306 g/mol. The van der Waals surface area contributed by atoms with Gasteiger partial charge < -0.3 is 10.1 Å². The monoisotopic (exact) mass is 305 g/mol. The van der Waals surface area contributed by atoms with Crippen molar-refractivity contribution < 1.29 is 4.74 Å². The molecule has 0 bridgehead atoms. The van der Waals surface area contributed by atoms with Crippen LogP contribution in [0.1, 0.15) is 17.0 Å². The molecule has 1 aromatic carbocycles. The summed E-state index contributed by atoms with van der Waals surface area (Å²) in [5, 5.41) is 3.28. The molecule has 1 aromatic heterocycles. The summed E-state index contributed by atoms with van der Waals surface area (Å²) in [5.74, 6) is 1.52. The minimum Gasteiger partial charge on any atom is -0.372 e. The second-order valence-corrected chi connectivity index (χ2v) is 5.04. The van der Waals surface area contributed by atoms with Gasteiger partial charge in [-0.3, -0.25) is 0 Å². The molecule has 2 heterocycles. The average Bonchev–Trinajstić information content (AvgIpc) is 2.74. The van der Waals surface area contributed by atoms with Crippen molar-refractivity contribution >= 4 is 27.4 Å². The summed E-state index contributed by atoms with van der Waals surface area (Å²) < 4.78 is 6.18. The standard InChI is InChI=1S/C13H12BrN3O/c1-8-15-12(14)5-13(16-8)17-11-3-2-9-6-18-7-10(9)4-11/h2-5H,6-7H2,1H3,(H,15,16,17). The van der Waals surface area contributed by atoms with Gasteiger partial charge in [0.2, 0.25) is 0 Å². The second-order valence-electron chi connectivity index (χ2n) is 4.22. The topological polar surface area (TPSA) is 47.0 Å². The highest BCUT2D eigenvalue weighted by atomic mass is 79.9. The SMILES string of the molecule is Cc1nc(Br)cc(Nc2ccc3c(c2)COC3)n1. The molecule has 1 aliphatic heterocycles. The van der Waals surface area contributed by atoms with E-state index < -0.39 is 0 Å². The fourth-order valence-electron chi connectivity index (χ4n) is 1.99. The van der Waals surface area contributed by atoms with Gasteiger partial charge in [0, 0.05) is 11.8 Å². The minimum atomic E-state index is 0.692. The molecule has 5 heteroatoms. The number of hydrogen-bond acceptors (Lipinski definition) is 4. The summed E-state index contributed by atoms with van der Waals surface area (Å²) in [7, 11) is 0. The van der Waals surface area contributed by atoms with Crippen molar-refractivity contribution in [3.63, 3.8) is 0 Å². The van der Waals surface area contributed by atoms with Crippen molar-refractivity contribution in [3.8, 4) is 0 Å². The number of nitrogens with one attached hydrogen (secondary N) is 1. The van der Waals surface area contributed by atoms with E-state index in [1.54, 1.807) is 0 Å². The third kappa shape index (κ3) is 2.37. The number of benzene rings is 1. The van der Waals surface area contributed by atoms with Crippen molar-refractivity contribution in [1.82, 2.24) is 9.97 Å². The predicted octanol–water partition coefficient (Wildman–Crippen LogP) is 3.32. The Morgan fingerprint density at radius 1 is 1.17 bits per heavy atom. The van der Waals surface area contributed by atoms with Crippen molar-refractivity contribution in [1.29, 1.82) is 0 Å². The second kappa shape index (κ2) is 4.66. The first-order valence-corrected chi connectivity index (χ1v) is 6.48. The summed E-state index contributed by atoms with van der Waals surface area (Å²) in [6.07, 6.45) is 0. The van der Waals surface area contributed by atoms with E-state index in [1.165, 1.54) is 11.1 Å². The van der Waals surface area contributed by atoms with Gasteiger partial charge in [0.05, 0.1) is 13.2 Å². The van der Waals surface area contributed by atoms with Crippen LogP contribution in [0.25, 0.3) is 0 Å². The molecular weight excluding hydrogens is 294 g/mol. The molecule has 0 radical (unpaired) electrons. The van der Waals surface area contributed by atoms with Crippen LogP contribution in [0.2, 0.25) is 0 Å². The molecular formula is C13H12BrN3O. The number of rotatable bonds is 2. The van der Waals surface area contributed by atoms with Crippen molar-refractivity contribution in [2.24, 2.45) is 0 Å². The highest BCUT2D eigenvalue weighted by Gasteiger charge is 2.11. The lowest BCUT2D eigenvalue weighted by molar-refractivity contribution is 0.134. The lowest BCUT2D eigenvalue weighted by atomic mass is 10.1. The zero-order chi connectivity index (χ0) is 12.5. The zero-order valence-corrected chi connectivity index (χ0v) is 11.5. The first-order chi connectivity index (χ1) is 8.70. The molecule has 0 atom stereocenters. The zero-order valence-electron chi connectivity index (χ0n) is 9.90. The Hall–Kier alpha value is -1.46. The molecule has 1 N–H and O–H groups in total. The molecule has 0 aliphatic carbocycles. The maximum atomic E-state index is 5.40. The minimum absolute atomic E-state index is 0.692. The van der Waals surface area contributed by atoms with Gasteiger partial charge in [-0.1, -0.05) is 6.07 Å². The first kappa shape index (κ1) is 11.6. The van der Waals surface area contributed by atoms with Gasteiger partial charge in [-0.25, -0.2) is 9.97 Å². The summed E-state index contributed by atoms with van der Waals surface area (Å²) >= 11 is 3.36. The van der Waals surface area contributed by atoms with Crippen molar-refractivity contribution in [2.75, 3.05) is 5.32 Å². The molecule has 0 spiro atoms. The smallest absolute Gasteiger partial charge is 0.135 e. The number of nitrogens with zero attached hydrogens (tertiary/aromatic N) is 2. The number of anilines is 2. The Kier molecular flexibility index (Phi) is 3.01. The van der Waals surface area contributed by atoms with E-state index >= 15 is 0 Å².